The highest BCUT2D eigenvalue weighted by atomic mass is 32.2. The lowest BCUT2D eigenvalue weighted by molar-refractivity contribution is 0.0446. The van der Waals surface area contributed by atoms with Crippen molar-refractivity contribution in [1.82, 2.24) is 4.72 Å². The average Bonchev–Trinajstić information content (AvgIpc) is 2.62. The third-order valence-corrected chi connectivity index (χ3v) is 6.40. The van der Waals surface area contributed by atoms with Crippen molar-refractivity contribution < 1.29 is 21.9 Å². The van der Waals surface area contributed by atoms with Crippen LogP contribution in [0.2, 0.25) is 0 Å². The molecule has 2 aromatic rings. The summed E-state index contributed by atoms with van der Waals surface area (Å²) in [4.78, 5) is 0.177. The zero-order valence-corrected chi connectivity index (χ0v) is 15.3. The summed E-state index contributed by atoms with van der Waals surface area (Å²) in [6, 6.07) is 9.96. The van der Waals surface area contributed by atoms with Gasteiger partial charge in [-0.25, -0.2) is 21.9 Å². The highest BCUT2D eigenvalue weighted by molar-refractivity contribution is 7.89. The van der Waals surface area contributed by atoms with Crippen LogP contribution in [0.5, 0.6) is 0 Å². The first-order chi connectivity index (χ1) is 12.4. The molecule has 0 atom stereocenters. The molecule has 0 unspecified atom stereocenters. The molecule has 0 bridgehead atoms. The zero-order chi connectivity index (χ0) is 18.8. The second-order valence-electron chi connectivity index (χ2n) is 6.39. The maximum absolute atomic E-state index is 14.5. The lowest BCUT2D eigenvalue weighted by Gasteiger charge is -2.38. The summed E-state index contributed by atoms with van der Waals surface area (Å²) < 4.78 is 62.1. The van der Waals surface area contributed by atoms with E-state index >= 15 is 0 Å². The molecule has 4 nitrogen and oxygen atoms in total. The van der Waals surface area contributed by atoms with E-state index in [2.05, 4.69) is 4.72 Å². The minimum Gasteiger partial charge on any atom is -0.381 e. The topological polar surface area (TPSA) is 55.4 Å². The maximum Gasteiger partial charge on any atom is 0.241 e. The van der Waals surface area contributed by atoms with E-state index in [1.54, 1.807) is 18.2 Å². The SMILES string of the molecule is CCc1ccccc1S(=O)(=O)NC1(c2ccc(F)cc2F)CCOCC1. The minimum atomic E-state index is -3.90. The van der Waals surface area contributed by atoms with Gasteiger partial charge in [0.05, 0.1) is 10.4 Å². The van der Waals surface area contributed by atoms with Crippen LogP contribution in [0.15, 0.2) is 47.4 Å². The Bertz CT molecular complexity index is 893. The van der Waals surface area contributed by atoms with E-state index in [9.17, 15) is 17.2 Å². The van der Waals surface area contributed by atoms with Gasteiger partial charge in [0.2, 0.25) is 10.0 Å². The molecule has 1 fully saturated rings. The average molecular weight is 381 g/mol. The van der Waals surface area contributed by atoms with Crippen molar-refractivity contribution in [1.29, 1.82) is 0 Å². The highest BCUT2D eigenvalue weighted by Crippen LogP contribution is 2.36. The third kappa shape index (κ3) is 3.65. The molecule has 1 saturated heterocycles. The minimum absolute atomic E-state index is 0.139. The highest BCUT2D eigenvalue weighted by Gasteiger charge is 2.41. The number of sulfonamides is 1. The van der Waals surface area contributed by atoms with Crippen LogP contribution < -0.4 is 4.72 Å². The van der Waals surface area contributed by atoms with Gasteiger partial charge in [-0.05, 0) is 37.0 Å². The molecular formula is C19H21F2NO3S. The summed E-state index contributed by atoms with van der Waals surface area (Å²) in [5.41, 5.74) is -0.350. The Kier molecular flexibility index (Phi) is 5.41. The van der Waals surface area contributed by atoms with Gasteiger partial charge in [0.1, 0.15) is 11.6 Å². The Morgan fingerprint density at radius 2 is 1.81 bits per heavy atom. The molecular weight excluding hydrogens is 360 g/mol. The van der Waals surface area contributed by atoms with E-state index in [0.29, 0.717) is 12.0 Å². The summed E-state index contributed by atoms with van der Waals surface area (Å²) in [6.07, 6.45) is 1.09. The standard InChI is InChI=1S/C19H21F2NO3S/c1-2-14-5-3-4-6-18(14)26(23,24)22-19(9-11-25-12-10-19)16-8-7-15(20)13-17(16)21/h3-8,13,22H,2,9-12H2,1H3. The molecule has 26 heavy (non-hydrogen) atoms. The number of hydrogen-bond acceptors (Lipinski definition) is 3. The molecule has 1 aliphatic rings. The zero-order valence-electron chi connectivity index (χ0n) is 14.5. The van der Waals surface area contributed by atoms with E-state index in [-0.39, 0.29) is 36.5 Å². The fourth-order valence-corrected chi connectivity index (χ4v) is 5.15. The van der Waals surface area contributed by atoms with Crippen LogP contribution in [0.3, 0.4) is 0 Å². The Morgan fingerprint density at radius 1 is 1.12 bits per heavy atom. The van der Waals surface area contributed by atoms with Crippen molar-refractivity contribution in [3.8, 4) is 0 Å². The van der Waals surface area contributed by atoms with E-state index in [1.165, 1.54) is 12.1 Å². The molecule has 3 rings (SSSR count). The van der Waals surface area contributed by atoms with Crippen LogP contribution in [0.4, 0.5) is 8.78 Å². The predicted octanol–water partition coefficient (Wildman–Crippen LogP) is 3.51. The van der Waals surface area contributed by atoms with Gasteiger partial charge in [0.25, 0.3) is 0 Å². The fraction of sp³-hybridized carbons (Fsp3) is 0.368. The summed E-state index contributed by atoms with van der Waals surface area (Å²) in [7, 11) is -3.90. The fourth-order valence-electron chi connectivity index (χ4n) is 3.39. The normalized spacial score (nSPS) is 17.2. The maximum atomic E-state index is 14.5. The van der Waals surface area contributed by atoms with Gasteiger partial charge in [-0.1, -0.05) is 31.2 Å². The van der Waals surface area contributed by atoms with Crippen LogP contribution >= 0.6 is 0 Å². The van der Waals surface area contributed by atoms with Crippen molar-refractivity contribution in [2.24, 2.45) is 0 Å². The molecule has 7 heteroatoms. The lowest BCUT2D eigenvalue weighted by Crippen LogP contribution is -2.50. The summed E-state index contributed by atoms with van der Waals surface area (Å²) in [6.45, 7) is 2.45. The molecule has 0 amide bonds. The second kappa shape index (κ2) is 7.42. The first-order valence-corrected chi connectivity index (χ1v) is 10.0. The molecule has 0 spiro atoms. The Labute approximate surface area is 152 Å². The van der Waals surface area contributed by atoms with Crippen molar-refractivity contribution in [2.45, 2.75) is 36.6 Å². The molecule has 1 N–H and O–H groups in total. The number of nitrogens with one attached hydrogen (secondary N) is 1. The summed E-state index contributed by atoms with van der Waals surface area (Å²) >= 11 is 0. The van der Waals surface area contributed by atoms with E-state index in [1.807, 2.05) is 6.92 Å². The van der Waals surface area contributed by atoms with Gasteiger partial charge in [-0.2, -0.15) is 0 Å². The number of halogens is 2. The number of rotatable bonds is 5. The Hall–Kier alpha value is -1.83. The predicted molar refractivity (Wildman–Crippen MR) is 94.2 cm³/mol. The van der Waals surface area contributed by atoms with Crippen LogP contribution in [0.1, 0.15) is 30.9 Å². The van der Waals surface area contributed by atoms with Gasteiger partial charge < -0.3 is 4.74 Å². The number of aryl methyl sites for hydroxylation is 1. The largest absolute Gasteiger partial charge is 0.381 e. The van der Waals surface area contributed by atoms with E-state index in [4.69, 9.17) is 4.74 Å². The molecule has 1 heterocycles. The molecule has 0 radical (unpaired) electrons. The van der Waals surface area contributed by atoms with Gasteiger partial charge in [-0.3, -0.25) is 0 Å². The second-order valence-corrected chi connectivity index (χ2v) is 8.04. The Morgan fingerprint density at radius 3 is 2.46 bits per heavy atom. The smallest absolute Gasteiger partial charge is 0.241 e. The van der Waals surface area contributed by atoms with Crippen molar-refractivity contribution in [3.63, 3.8) is 0 Å². The molecule has 0 saturated carbocycles. The quantitative estimate of drug-likeness (QED) is 0.862. The van der Waals surface area contributed by atoms with Crippen LogP contribution in [-0.4, -0.2) is 21.6 Å². The monoisotopic (exact) mass is 381 g/mol. The summed E-state index contributed by atoms with van der Waals surface area (Å²) in [5.74, 6) is -1.47. The lowest BCUT2D eigenvalue weighted by atomic mass is 9.83. The van der Waals surface area contributed by atoms with Crippen LogP contribution in [0.25, 0.3) is 0 Å². The van der Waals surface area contributed by atoms with Crippen molar-refractivity contribution in [3.05, 3.63) is 65.2 Å². The first kappa shape index (κ1) is 18.9. The van der Waals surface area contributed by atoms with Gasteiger partial charge in [0.15, 0.2) is 0 Å². The van der Waals surface area contributed by atoms with E-state index < -0.39 is 27.2 Å². The number of benzene rings is 2. The third-order valence-electron chi connectivity index (χ3n) is 4.77. The van der Waals surface area contributed by atoms with Gasteiger partial charge in [-0.15, -0.1) is 0 Å². The first-order valence-electron chi connectivity index (χ1n) is 8.53. The summed E-state index contributed by atoms with van der Waals surface area (Å²) in [5, 5.41) is 0. The van der Waals surface area contributed by atoms with Crippen molar-refractivity contribution >= 4 is 10.0 Å². The number of ether oxygens (including phenoxy) is 1. The molecule has 140 valence electrons. The van der Waals surface area contributed by atoms with E-state index in [0.717, 1.165) is 12.1 Å². The Balaban J connectivity index is 2.06. The molecule has 0 aliphatic carbocycles. The molecule has 0 aromatic heterocycles. The van der Waals surface area contributed by atoms with Crippen LogP contribution in [0, 0.1) is 11.6 Å². The van der Waals surface area contributed by atoms with Gasteiger partial charge in [0, 0.05) is 24.8 Å². The number of hydrogen-bond donors (Lipinski definition) is 1. The van der Waals surface area contributed by atoms with Gasteiger partial charge >= 0.3 is 0 Å². The van der Waals surface area contributed by atoms with Crippen LogP contribution in [-0.2, 0) is 26.7 Å². The molecule has 1 aliphatic heterocycles. The van der Waals surface area contributed by atoms with Crippen molar-refractivity contribution in [2.75, 3.05) is 13.2 Å². The molecule has 2 aromatic carbocycles.